The van der Waals surface area contributed by atoms with E-state index in [-0.39, 0.29) is 65.7 Å². The van der Waals surface area contributed by atoms with Crippen LogP contribution in [0.5, 0.6) is 0 Å². The molecule has 0 spiro atoms. The third kappa shape index (κ3) is 5.60. The number of esters is 2. The molecule has 1 aromatic carbocycles. The minimum atomic E-state index is -0.930. The van der Waals surface area contributed by atoms with Crippen molar-refractivity contribution < 1.29 is 34.4 Å². The van der Waals surface area contributed by atoms with Crippen LogP contribution >= 0.6 is 0 Å². The van der Waals surface area contributed by atoms with Gasteiger partial charge in [0.05, 0.1) is 37.3 Å². The number of carbonyl (C=O) groups excluding carboxylic acids is 2. The quantitative estimate of drug-likeness (QED) is 0.275. The summed E-state index contributed by atoms with van der Waals surface area (Å²) in [7, 11) is 0. The highest BCUT2D eigenvalue weighted by Crippen LogP contribution is 2.66. The second-order valence-corrected chi connectivity index (χ2v) is 16.3. The second kappa shape index (κ2) is 12.6. The molecule has 8 heteroatoms. The number of aromatic amines is 1. The van der Waals surface area contributed by atoms with Gasteiger partial charge in [-0.2, -0.15) is 0 Å². The van der Waals surface area contributed by atoms with Crippen molar-refractivity contribution >= 4 is 22.8 Å². The number of hydrogen-bond acceptors (Lipinski definition) is 7. The van der Waals surface area contributed by atoms with Crippen LogP contribution in [0.3, 0.4) is 0 Å². The van der Waals surface area contributed by atoms with E-state index < -0.39 is 35.7 Å². The number of nitrogens with one attached hydrogen (secondary N) is 1. The van der Waals surface area contributed by atoms with Crippen LogP contribution in [-0.2, 0) is 25.5 Å². The van der Waals surface area contributed by atoms with Gasteiger partial charge in [0.2, 0.25) is 0 Å². The zero-order valence-electron chi connectivity index (χ0n) is 28.4. The van der Waals surface area contributed by atoms with Gasteiger partial charge in [-0.05, 0) is 102 Å². The molecule has 46 heavy (non-hydrogen) atoms. The zero-order valence-corrected chi connectivity index (χ0v) is 28.4. The molecule has 2 aromatic rings. The third-order valence-electron chi connectivity index (χ3n) is 13.8. The van der Waals surface area contributed by atoms with E-state index in [0.717, 1.165) is 42.1 Å². The molecule has 0 radical (unpaired) electrons. The van der Waals surface area contributed by atoms with E-state index in [9.17, 15) is 24.9 Å². The number of aliphatic hydroxyl groups is 3. The molecule has 0 unspecified atom stereocenters. The van der Waals surface area contributed by atoms with Gasteiger partial charge in [-0.3, -0.25) is 9.59 Å². The van der Waals surface area contributed by atoms with Gasteiger partial charge in [-0.25, -0.2) is 0 Å². The number of benzene rings is 1. The predicted octanol–water partition coefficient (Wildman–Crippen LogP) is 5.66. The molecule has 8 nitrogen and oxygen atoms in total. The predicted molar refractivity (Wildman–Crippen MR) is 175 cm³/mol. The largest absolute Gasteiger partial charge is 0.465 e. The maximum atomic E-state index is 13.5. The Morgan fingerprint density at radius 1 is 1.04 bits per heavy atom. The number of cyclic esters (lactones) is 1. The molecule has 6 rings (SSSR count). The minimum Gasteiger partial charge on any atom is -0.465 e. The highest BCUT2D eigenvalue weighted by Gasteiger charge is 2.63. The summed E-state index contributed by atoms with van der Waals surface area (Å²) in [6.45, 7) is 13.2. The first-order valence-electron chi connectivity index (χ1n) is 17.7. The Labute approximate surface area is 273 Å². The molecule has 3 aliphatic carbocycles. The van der Waals surface area contributed by atoms with E-state index in [1.54, 1.807) is 0 Å². The van der Waals surface area contributed by atoms with Crippen LogP contribution in [0, 0.1) is 58.2 Å². The third-order valence-corrected chi connectivity index (χ3v) is 13.8. The molecule has 254 valence electrons. The van der Waals surface area contributed by atoms with E-state index in [0.29, 0.717) is 18.9 Å². The molecule has 4 N–H and O–H groups in total. The van der Waals surface area contributed by atoms with Crippen molar-refractivity contribution in [2.24, 2.45) is 58.2 Å². The van der Waals surface area contributed by atoms with E-state index >= 15 is 0 Å². The number of hydrogen-bond donors (Lipinski definition) is 4. The lowest BCUT2D eigenvalue weighted by Gasteiger charge is -2.56. The Kier molecular flexibility index (Phi) is 9.14. The first-order valence-corrected chi connectivity index (χ1v) is 17.7. The van der Waals surface area contributed by atoms with Crippen LogP contribution < -0.4 is 0 Å². The average Bonchev–Trinajstić information content (AvgIpc) is 3.57. The maximum Gasteiger partial charge on any atom is 0.310 e. The van der Waals surface area contributed by atoms with Gasteiger partial charge in [0.1, 0.15) is 6.10 Å². The molecule has 1 aromatic heterocycles. The van der Waals surface area contributed by atoms with Gasteiger partial charge in [-0.1, -0.05) is 59.7 Å². The first-order chi connectivity index (χ1) is 21.8. The Balaban J connectivity index is 1.20. The number of rotatable bonds is 8. The summed E-state index contributed by atoms with van der Waals surface area (Å²) in [6.07, 6.45) is 3.29. The molecule has 13 atom stereocenters. The minimum absolute atomic E-state index is 0.00223. The molecular weight excluding hydrogens is 582 g/mol. The molecule has 1 aliphatic heterocycles. The van der Waals surface area contributed by atoms with Gasteiger partial charge < -0.3 is 29.8 Å². The fourth-order valence-corrected chi connectivity index (χ4v) is 10.7. The number of H-pyrrole nitrogens is 1. The van der Waals surface area contributed by atoms with Gasteiger partial charge in [0.25, 0.3) is 0 Å². The first kappa shape index (κ1) is 33.5. The topological polar surface area (TPSA) is 129 Å². The number of fused-ring (bicyclic) bond motifs is 6. The van der Waals surface area contributed by atoms with Crippen molar-refractivity contribution in [3.8, 4) is 0 Å². The van der Waals surface area contributed by atoms with Gasteiger partial charge in [-0.15, -0.1) is 0 Å². The van der Waals surface area contributed by atoms with Crippen molar-refractivity contribution in [2.45, 2.75) is 111 Å². The number of aliphatic hydroxyl groups excluding tert-OH is 3. The lowest BCUT2D eigenvalue weighted by atomic mass is 9.48. The molecule has 1 saturated heterocycles. The Bertz CT molecular complexity index is 1420. The van der Waals surface area contributed by atoms with Gasteiger partial charge in [0, 0.05) is 17.1 Å². The molecule has 3 saturated carbocycles. The Hall–Kier alpha value is -2.42. The highest BCUT2D eigenvalue weighted by atomic mass is 16.6. The number of ether oxygens (including phenoxy) is 2. The molecule has 0 amide bonds. The Morgan fingerprint density at radius 3 is 2.50 bits per heavy atom. The molecule has 0 bridgehead atoms. The molecule has 4 fully saturated rings. The van der Waals surface area contributed by atoms with Crippen molar-refractivity contribution in [2.75, 3.05) is 6.61 Å². The fourth-order valence-electron chi connectivity index (χ4n) is 10.7. The number of para-hydroxylation sites is 1. The second-order valence-electron chi connectivity index (χ2n) is 16.3. The van der Waals surface area contributed by atoms with Crippen LogP contribution in [0.1, 0.15) is 85.6 Å². The van der Waals surface area contributed by atoms with Crippen LogP contribution in [0.15, 0.2) is 30.5 Å². The summed E-state index contributed by atoms with van der Waals surface area (Å²) in [5.74, 6) is 0.0903. The van der Waals surface area contributed by atoms with Gasteiger partial charge in [0.15, 0.2) is 0 Å². The van der Waals surface area contributed by atoms with Crippen LogP contribution in [0.2, 0.25) is 0 Å². The van der Waals surface area contributed by atoms with Crippen LogP contribution in [0.25, 0.3) is 10.9 Å². The molecule has 2 heterocycles. The lowest BCUT2D eigenvalue weighted by Crippen LogP contribution is -2.55. The van der Waals surface area contributed by atoms with E-state index in [1.807, 2.05) is 37.4 Å². The van der Waals surface area contributed by atoms with E-state index in [4.69, 9.17) is 9.47 Å². The highest BCUT2D eigenvalue weighted by molar-refractivity contribution is 5.87. The SMILES string of the molecule is CC(C)[C@@H](C)[C@@H](O)[C@H](O)[C@@H](C)[C@H]1CC[C@H]2[C@@H]3COC(=O)[C@H]4C[C@H](O)[C@H](OC(=O)Cc5c[nH]c6ccccc56)C[C@]4(C)[C@H]3CC[C@]12C. The summed E-state index contributed by atoms with van der Waals surface area (Å²) < 4.78 is 12.1. The summed E-state index contributed by atoms with van der Waals surface area (Å²) in [6, 6.07) is 7.84. The average molecular weight is 638 g/mol. The van der Waals surface area contributed by atoms with Gasteiger partial charge >= 0.3 is 11.9 Å². The standard InChI is InChI=1S/C38H55NO7/c1-20(2)21(3)34(42)35(43)22(4)26-11-12-27-25-19-45-36(44)29-16-31(40)32(17-38(29,6)28(25)13-14-37(26,27)5)46-33(41)15-23-18-39-30-10-8-7-9-24(23)30/h7-10,18,20-22,25-29,31-32,34-35,39-40,42-43H,11-17,19H2,1-6H3/t21-,22+,25+,26-,27+,28+,29-,31+,32-,34-,35-,37-,38-/m1/s1. The van der Waals surface area contributed by atoms with Crippen molar-refractivity contribution in [3.05, 3.63) is 36.0 Å². The van der Waals surface area contributed by atoms with E-state index in [2.05, 4.69) is 39.6 Å². The zero-order chi connectivity index (χ0) is 33.1. The maximum absolute atomic E-state index is 13.5. The van der Waals surface area contributed by atoms with Crippen LogP contribution in [0.4, 0.5) is 0 Å². The van der Waals surface area contributed by atoms with E-state index in [1.165, 1.54) is 0 Å². The lowest BCUT2D eigenvalue weighted by molar-refractivity contribution is -0.177. The normalized spacial score (nSPS) is 38.6. The number of aromatic nitrogens is 1. The summed E-state index contributed by atoms with van der Waals surface area (Å²) in [4.78, 5) is 30.0. The number of carbonyl (C=O) groups is 2. The molecular formula is C38H55NO7. The van der Waals surface area contributed by atoms with Crippen molar-refractivity contribution in [1.29, 1.82) is 0 Å². The summed E-state index contributed by atoms with van der Waals surface area (Å²) >= 11 is 0. The Morgan fingerprint density at radius 2 is 1.76 bits per heavy atom. The summed E-state index contributed by atoms with van der Waals surface area (Å²) in [5, 5.41) is 34.6. The smallest absolute Gasteiger partial charge is 0.310 e. The van der Waals surface area contributed by atoms with Crippen molar-refractivity contribution in [3.63, 3.8) is 0 Å². The monoisotopic (exact) mass is 637 g/mol. The van der Waals surface area contributed by atoms with Crippen LogP contribution in [-0.4, -0.2) is 63.3 Å². The molecule has 4 aliphatic rings. The van der Waals surface area contributed by atoms with Crippen molar-refractivity contribution in [1.82, 2.24) is 4.98 Å². The summed E-state index contributed by atoms with van der Waals surface area (Å²) in [5.41, 5.74) is 1.31. The fraction of sp³-hybridized carbons (Fsp3) is 0.737.